The maximum Gasteiger partial charge on any atom is 0.168 e. The maximum atomic E-state index is 6.02. The number of ether oxygens (including phenoxy) is 3. The molecule has 2 aliphatic rings. The molecule has 1 aliphatic heterocycles. The molecule has 0 N–H and O–H groups in total. The number of rotatable bonds is 5. The van der Waals surface area contributed by atoms with Crippen LogP contribution in [-0.2, 0) is 14.2 Å². The van der Waals surface area contributed by atoms with Crippen LogP contribution in [0.15, 0.2) is 0 Å². The van der Waals surface area contributed by atoms with Crippen LogP contribution in [0.5, 0.6) is 0 Å². The van der Waals surface area contributed by atoms with Gasteiger partial charge in [0.1, 0.15) is 0 Å². The van der Waals surface area contributed by atoms with Crippen molar-refractivity contribution in [2.45, 2.75) is 64.3 Å². The van der Waals surface area contributed by atoms with Crippen molar-refractivity contribution in [3.05, 3.63) is 0 Å². The summed E-state index contributed by atoms with van der Waals surface area (Å²) in [6, 6.07) is 0. The third kappa shape index (κ3) is 3.43. The molecule has 0 aromatic rings. The van der Waals surface area contributed by atoms with Crippen LogP contribution in [0, 0.1) is 5.92 Å². The first-order chi connectivity index (χ1) is 8.28. The van der Waals surface area contributed by atoms with Crippen LogP contribution in [0.3, 0.4) is 0 Å². The summed E-state index contributed by atoms with van der Waals surface area (Å²) in [5.74, 6) is 0.485. The zero-order valence-electron chi connectivity index (χ0n) is 11.2. The van der Waals surface area contributed by atoms with Crippen molar-refractivity contribution in [3.63, 3.8) is 0 Å². The molecule has 0 atom stereocenters. The SMILES string of the molecule is CCC(CC)COC1CCC2(CC1)OCCO2. The molecule has 0 bridgehead atoms. The van der Waals surface area contributed by atoms with Crippen LogP contribution in [0.4, 0.5) is 0 Å². The lowest BCUT2D eigenvalue weighted by Crippen LogP contribution is -2.38. The third-order valence-electron chi connectivity index (χ3n) is 4.23. The molecule has 100 valence electrons. The fraction of sp³-hybridized carbons (Fsp3) is 1.00. The first-order valence-electron chi connectivity index (χ1n) is 7.17. The summed E-state index contributed by atoms with van der Waals surface area (Å²) in [4.78, 5) is 0. The van der Waals surface area contributed by atoms with Crippen LogP contribution in [-0.4, -0.2) is 31.7 Å². The Morgan fingerprint density at radius 1 is 1.12 bits per heavy atom. The molecule has 0 amide bonds. The Morgan fingerprint density at radius 2 is 1.71 bits per heavy atom. The number of hydrogen-bond donors (Lipinski definition) is 0. The van der Waals surface area contributed by atoms with E-state index in [-0.39, 0.29) is 5.79 Å². The van der Waals surface area contributed by atoms with Gasteiger partial charge in [0.05, 0.1) is 19.3 Å². The molecule has 0 aromatic heterocycles. The van der Waals surface area contributed by atoms with Crippen molar-refractivity contribution in [2.75, 3.05) is 19.8 Å². The van der Waals surface area contributed by atoms with Gasteiger partial charge in [-0.2, -0.15) is 0 Å². The Morgan fingerprint density at radius 3 is 2.24 bits per heavy atom. The second-order valence-electron chi connectivity index (χ2n) is 5.32. The van der Waals surface area contributed by atoms with Crippen LogP contribution >= 0.6 is 0 Å². The van der Waals surface area contributed by atoms with Gasteiger partial charge < -0.3 is 14.2 Å². The molecular formula is C14H26O3. The van der Waals surface area contributed by atoms with Gasteiger partial charge in [-0.1, -0.05) is 26.7 Å². The van der Waals surface area contributed by atoms with Crippen molar-refractivity contribution in [2.24, 2.45) is 5.92 Å². The highest BCUT2D eigenvalue weighted by Gasteiger charge is 2.40. The van der Waals surface area contributed by atoms with E-state index in [4.69, 9.17) is 14.2 Å². The minimum Gasteiger partial charge on any atom is -0.378 e. The molecule has 1 saturated carbocycles. The minimum atomic E-state index is -0.241. The summed E-state index contributed by atoms with van der Waals surface area (Å²) in [5.41, 5.74) is 0. The van der Waals surface area contributed by atoms with Crippen molar-refractivity contribution in [3.8, 4) is 0 Å². The van der Waals surface area contributed by atoms with E-state index in [9.17, 15) is 0 Å². The van der Waals surface area contributed by atoms with E-state index in [1.54, 1.807) is 0 Å². The van der Waals surface area contributed by atoms with Crippen molar-refractivity contribution < 1.29 is 14.2 Å². The summed E-state index contributed by atoms with van der Waals surface area (Å²) >= 11 is 0. The summed E-state index contributed by atoms with van der Waals surface area (Å²) in [6.45, 7) is 6.94. The van der Waals surface area contributed by atoms with Gasteiger partial charge in [-0.05, 0) is 18.8 Å². The van der Waals surface area contributed by atoms with E-state index >= 15 is 0 Å². The molecule has 2 rings (SSSR count). The molecule has 3 nitrogen and oxygen atoms in total. The fourth-order valence-electron chi connectivity index (χ4n) is 2.78. The monoisotopic (exact) mass is 242 g/mol. The van der Waals surface area contributed by atoms with Gasteiger partial charge in [-0.15, -0.1) is 0 Å². The molecule has 1 saturated heterocycles. The molecule has 0 aromatic carbocycles. The highest BCUT2D eigenvalue weighted by atomic mass is 16.7. The van der Waals surface area contributed by atoms with E-state index in [0.717, 1.165) is 51.4 Å². The molecular weight excluding hydrogens is 216 g/mol. The molecule has 1 aliphatic carbocycles. The Kier molecular flexibility index (Phi) is 4.83. The average Bonchev–Trinajstić information content (AvgIpc) is 2.81. The topological polar surface area (TPSA) is 27.7 Å². The largest absolute Gasteiger partial charge is 0.378 e. The summed E-state index contributed by atoms with van der Waals surface area (Å²) < 4.78 is 17.5. The highest BCUT2D eigenvalue weighted by molar-refractivity contribution is 4.82. The Hall–Kier alpha value is -0.120. The van der Waals surface area contributed by atoms with E-state index in [1.165, 1.54) is 12.8 Å². The normalized spacial score (nSPS) is 24.9. The van der Waals surface area contributed by atoms with Gasteiger partial charge in [-0.25, -0.2) is 0 Å². The summed E-state index contributed by atoms with van der Waals surface area (Å²) in [5, 5.41) is 0. The minimum absolute atomic E-state index is 0.241. The summed E-state index contributed by atoms with van der Waals surface area (Å²) in [7, 11) is 0. The summed E-state index contributed by atoms with van der Waals surface area (Å²) in [6.07, 6.45) is 7.04. The number of hydrogen-bond acceptors (Lipinski definition) is 3. The molecule has 2 fully saturated rings. The van der Waals surface area contributed by atoms with E-state index < -0.39 is 0 Å². The maximum absolute atomic E-state index is 6.02. The van der Waals surface area contributed by atoms with Crippen molar-refractivity contribution >= 4 is 0 Å². The van der Waals surface area contributed by atoms with Crippen LogP contribution < -0.4 is 0 Å². The Bertz CT molecular complexity index is 207. The lowest BCUT2D eigenvalue weighted by Gasteiger charge is -2.35. The predicted octanol–water partition coefficient (Wildman–Crippen LogP) is 3.12. The third-order valence-corrected chi connectivity index (χ3v) is 4.23. The van der Waals surface area contributed by atoms with E-state index in [1.807, 2.05) is 0 Å². The Balaban J connectivity index is 1.68. The van der Waals surface area contributed by atoms with E-state index in [2.05, 4.69) is 13.8 Å². The highest BCUT2D eigenvalue weighted by Crippen LogP contribution is 2.36. The van der Waals surface area contributed by atoms with Gasteiger partial charge in [-0.3, -0.25) is 0 Å². The Labute approximate surface area is 105 Å². The van der Waals surface area contributed by atoms with Crippen molar-refractivity contribution in [1.82, 2.24) is 0 Å². The molecule has 3 heteroatoms. The second-order valence-corrected chi connectivity index (χ2v) is 5.32. The van der Waals surface area contributed by atoms with Crippen molar-refractivity contribution in [1.29, 1.82) is 0 Å². The van der Waals surface area contributed by atoms with Crippen LogP contribution in [0.1, 0.15) is 52.4 Å². The lowest BCUT2D eigenvalue weighted by atomic mass is 9.91. The smallest absolute Gasteiger partial charge is 0.168 e. The molecule has 17 heavy (non-hydrogen) atoms. The van der Waals surface area contributed by atoms with Gasteiger partial charge >= 0.3 is 0 Å². The van der Waals surface area contributed by atoms with Gasteiger partial charge in [0.2, 0.25) is 0 Å². The first-order valence-corrected chi connectivity index (χ1v) is 7.17. The van der Waals surface area contributed by atoms with Gasteiger partial charge in [0, 0.05) is 19.4 Å². The van der Waals surface area contributed by atoms with Crippen LogP contribution in [0.2, 0.25) is 0 Å². The fourth-order valence-corrected chi connectivity index (χ4v) is 2.78. The lowest BCUT2D eigenvalue weighted by molar-refractivity contribution is -0.192. The van der Waals surface area contributed by atoms with Gasteiger partial charge in [0.25, 0.3) is 0 Å². The second kappa shape index (κ2) is 6.17. The molecule has 1 heterocycles. The molecule has 0 unspecified atom stereocenters. The predicted molar refractivity (Wildman–Crippen MR) is 66.9 cm³/mol. The molecule has 1 spiro atoms. The quantitative estimate of drug-likeness (QED) is 0.741. The average molecular weight is 242 g/mol. The van der Waals surface area contributed by atoms with E-state index in [0.29, 0.717) is 6.10 Å². The van der Waals surface area contributed by atoms with Gasteiger partial charge in [0.15, 0.2) is 5.79 Å². The zero-order chi connectivity index (χ0) is 12.1. The van der Waals surface area contributed by atoms with Crippen LogP contribution in [0.25, 0.3) is 0 Å². The first kappa shape index (κ1) is 13.3. The molecule has 0 radical (unpaired) electrons. The zero-order valence-corrected chi connectivity index (χ0v) is 11.2. The standard InChI is InChI=1S/C14H26O3/c1-3-12(4-2)11-15-13-5-7-14(8-6-13)16-9-10-17-14/h12-13H,3-11H2,1-2H3.